The van der Waals surface area contributed by atoms with Crippen molar-refractivity contribution in [1.29, 1.82) is 0 Å². The molecule has 0 bridgehead atoms. The molecule has 0 fully saturated rings. The van der Waals surface area contributed by atoms with Gasteiger partial charge in [0.2, 0.25) is 17.7 Å². The third-order valence-electron chi connectivity index (χ3n) is 3.56. The summed E-state index contributed by atoms with van der Waals surface area (Å²) in [6, 6.07) is 0. The van der Waals surface area contributed by atoms with Crippen molar-refractivity contribution >= 4 is 17.7 Å². The summed E-state index contributed by atoms with van der Waals surface area (Å²) in [5.41, 5.74) is 0. The molecule has 0 radical (unpaired) electrons. The first-order valence-electron chi connectivity index (χ1n) is 8.86. The van der Waals surface area contributed by atoms with E-state index in [1.807, 2.05) is 25.7 Å². The maximum Gasteiger partial charge on any atom is 0.222 e. The number of unbranched alkanes of at least 4 members (excludes halogenated alkanes) is 1. The maximum absolute atomic E-state index is 11.9. The first-order chi connectivity index (χ1) is 11.0. The van der Waals surface area contributed by atoms with E-state index < -0.39 is 0 Å². The zero-order chi connectivity index (χ0) is 17.5. The van der Waals surface area contributed by atoms with Gasteiger partial charge in [0.1, 0.15) is 0 Å². The quantitative estimate of drug-likeness (QED) is 0.507. The second-order valence-corrected chi connectivity index (χ2v) is 5.60. The highest BCUT2D eigenvalue weighted by Crippen LogP contribution is 2.00. The molecule has 6 nitrogen and oxygen atoms in total. The molecule has 0 aliphatic rings. The maximum atomic E-state index is 11.9. The van der Waals surface area contributed by atoms with Crippen molar-refractivity contribution in [2.75, 3.05) is 26.2 Å². The summed E-state index contributed by atoms with van der Waals surface area (Å²) in [4.78, 5) is 36.3. The van der Waals surface area contributed by atoms with Gasteiger partial charge in [-0.2, -0.15) is 0 Å². The minimum Gasteiger partial charge on any atom is -0.356 e. The highest BCUT2D eigenvalue weighted by atomic mass is 16.2. The third kappa shape index (κ3) is 11.6. The second-order valence-electron chi connectivity index (χ2n) is 5.60. The molecule has 134 valence electrons. The lowest BCUT2D eigenvalue weighted by molar-refractivity contribution is -0.131. The van der Waals surface area contributed by atoms with E-state index >= 15 is 0 Å². The van der Waals surface area contributed by atoms with Crippen LogP contribution in [0.2, 0.25) is 0 Å². The molecular weight excluding hydrogens is 294 g/mol. The van der Waals surface area contributed by atoms with Crippen molar-refractivity contribution in [3.8, 4) is 0 Å². The van der Waals surface area contributed by atoms with Gasteiger partial charge in [0.05, 0.1) is 0 Å². The molecule has 0 rings (SSSR count). The molecule has 0 atom stereocenters. The first-order valence-corrected chi connectivity index (χ1v) is 8.86. The topological polar surface area (TPSA) is 78.5 Å². The Hall–Kier alpha value is -1.59. The number of hydrogen-bond donors (Lipinski definition) is 2. The largest absolute Gasteiger partial charge is 0.356 e. The van der Waals surface area contributed by atoms with E-state index in [2.05, 4.69) is 10.6 Å². The van der Waals surface area contributed by atoms with Crippen LogP contribution in [0.15, 0.2) is 0 Å². The summed E-state index contributed by atoms with van der Waals surface area (Å²) < 4.78 is 0. The Bertz CT molecular complexity index is 359. The van der Waals surface area contributed by atoms with E-state index in [9.17, 15) is 14.4 Å². The van der Waals surface area contributed by atoms with E-state index in [-0.39, 0.29) is 17.7 Å². The van der Waals surface area contributed by atoms with Gasteiger partial charge in [-0.05, 0) is 25.7 Å². The van der Waals surface area contributed by atoms with Gasteiger partial charge in [0.25, 0.3) is 0 Å². The fourth-order valence-electron chi connectivity index (χ4n) is 2.18. The van der Waals surface area contributed by atoms with Crippen LogP contribution < -0.4 is 10.6 Å². The monoisotopic (exact) mass is 327 g/mol. The van der Waals surface area contributed by atoms with E-state index in [0.29, 0.717) is 45.4 Å². The predicted octanol–water partition coefficient (Wildman–Crippen LogP) is 1.84. The molecule has 0 unspecified atom stereocenters. The SMILES string of the molecule is CCCC(=O)NCCCCN(CCCNC(=O)CC)C(=O)CC. The Labute approximate surface area is 140 Å². The van der Waals surface area contributed by atoms with Crippen LogP contribution in [0.1, 0.15) is 65.7 Å². The molecule has 0 aliphatic heterocycles. The Kier molecular flexibility index (Phi) is 13.1. The van der Waals surface area contributed by atoms with Crippen molar-refractivity contribution in [2.45, 2.75) is 65.7 Å². The normalized spacial score (nSPS) is 10.2. The van der Waals surface area contributed by atoms with E-state index in [4.69, 9.17) is 0 Å². The minimum atomic E-state index is 0.0428. The summed E-state index contributed by atoms with van der Waals surface area (Å²) in [5.74, 6) is 0.281. The predicted molar refractivity (Wildman–Crippen MR) is 91.9 cm³/mol. The fourth-order valence-corrected chi connectivity index (χ4v) is 2.18. The average Bonchev–Trinajstić information content (AvgIpc) is 2.55. The van der Waals surface area contributed by atoms with Crippen LogP contribution in [0.4, 0.5) is 0 Å². The molecule has 0 aromatic heterocycles. The van der Waals surface area contributed by atoms with Crippen molar-refractivity contribution in [2.24, 2.45) is 0 Å². The Morgan fingerprint density at radius 1 is 0.783 bits per heavy atom. The van der Waals surface area contributed by atoms with Gasteiger partial charge in [-0.1, -0.05) is 20.8 Å². The fraction of sp³-hybridized carbons (Fsp3) is 0.824. The summed E-state index contributed by atoms with van der Waals surface area (Å²) in [5, 5.41) is 5.70. The lowest BCUT2D eigenvalue weighted by atomic mass is 10.2. The smallest absolute Gasteiger partial charge is 0.222 e. The van der Waals surface area contributed by atoms with Crippen LogP contribution in [0.3, 0.4) is 0 Å². The summed E-state index contributed by atoms with van der Waals surface area (Å²) >= 11 is 0. The second kappa shape index (κ2) is 14.0. The number of hydrogen-bond acceptors (Lipinski definition) is 3. The molecular formula is C17H33N3O3. The highest BCUT2D eigenvalue weighted by Gasteiger charge is 2.10. The van der Waals surface area contributed by atoms with Crippen LogP contribution in [0.25, 0.3) is 0 Å². The molecule has 0 spiro atoms. The molecule has 0 heterocycles. The van der Waals surface area contributed by atoms with Crippen LogP contribution >= 0.6 is 0 Å². The minimum absolute atomic E-state index is 0.0428. The van der Waals surface area contributed by atoms with Crippen molar-refractivity contribution < 1.29 is 14.4 Å². The number of nitrogens with zero attached hydrogens (tertiary/aromatic N) is 1. The molecule has 0 aromatic carbocycles. The zero-order valence-corrected chi connectivity index (χ0v) is 15.0. The third-order valence-corrected chi connectivity index (χ3v) is 3.56. The van der Waals surface area contributed by atoms with Crippen LogP contribution in [-0.4, -0.2) is 48.8 Å². The first kappa shape index (κ1) is 21.4. The lowest BCUT2D eigenvalue weighted by Crippen LogP contribution is -2.35. The van der Waals surface area contributed by atoms with Crippen molar-refractivity contribution in [3.63, 3.8) is 0 Å². The van der Waals surface area contributed by atoms with Crippen LogP contribution in [-0.2, 0) is 14.4 Å². The summed E-state index contributed by atoms with van der Waals surface area (Å²) in [6.45, 7) is 8.31. The van der Waals surface area contributed by atoms with Crippen molar-refractivity contribution in [3.05, 3.63) is 0 Å². The number of amides is 3. The molecule has 0 saturated carbocycles. The Balaban J connectivity index is 3.90. The summed E-state index contributed by atoms with van der Waals surface area (Å²) in [7, 11) is 0. The molecule has 23 heavy (non-hydrogen) atoms. The number of nitrogens with one attached hydrogen (secondary N) is 2. The molecule has 2 N–H and O–H groups in total. The van der Waals surface area contributed by atoms with Crippen LogP contribution in [0, 0.1) is 0 Å². The van der Waals surface area contributed by atoms with Gasteiger partial charge in [-0.25, -0.2) is 0 Å². The average molecular weight is 327 g/mol. The Morgan fingerprint density at radius 3 is 2.00 bits per heavy atom. The lowest BCUT2D eigenvalue weighted by Gasteiger charge is -2.22. The van der Waals surface area contributed by atoms with E-state index in [1.54, 1.807) is 0 Å². The van der Waals surface area contributed by atoms with E-state index in [0.717, 1.165) is 25.7 Å². The number of carbonyl (C=O) groups excluding carboxylic acids is 3. The Morgan fingerprint density at radius 2 is 1.39 bits per heavy atom. The highest BCUT2D eigenvalue weighted by molar-refractivity contribution is 5.76. The van der Waals surface area contributed by atoms with Gasteiger partial charge in [0.15, 0.2) is 0 Å². The number of rotatable bonds is 13. The zero-order valence-electron chi connectivity index (χ0n) is 15.0. The van der Waals surface area contributed by atoms with E-state index in [1.165, 1.54) is 0 Å². The molecule has 6 heteroatoms. The van der Waals surface area contributed by atoms with Crippen molar-refractivity contribution in [1.82, 2.24) is 15.5 Å². The molecule has 0 aromatic rings. The standard InChI is InChI=1S/C17H33N3O3/c1-4-10-16(22)19-11-7-8-13-20(17(23)6-3)14-9-12-18-15(21)5-2/h4-14H2,1-3H3,(H,18,21)(H,19,22). The summed E-state index contributed by atoms with van der Waals surface area (Å²) in [6.07, 6.45) is 4.93. The van der Waals surface area contributed by atoms with Crippen LogP contribution in [0.5, 0.6) is 0 Å². The van der Waals surface area contributed by atoms with Gasteiger partial charge in [-0.3, -0.25) is 14.4 Å². The number of carbonyl (C=O) groups is 3. The molecule has 0 aliphatic carbocycles. The molecule has 0 saturated heterocycles. The van der Waals surface area contributed by atoms with Gasteiger partial charge < -0.3 is 15.5 Å². The molecule has 3 amide bonds. The van der Waals surface area contributed by atoms with Gasteiger partial charge in [0, 0.05) is 45.4 Å². The van der Waals surface area contributed by atoms with Gasteiger partial charge in [-0.15, -0.1) is 0 Å². The van der Waals surface area contributed by atoms with Gasteiger partial charge >= 0.3 is 0 Å².